The summed E-state index contributed by atoms with van der Waals surface area (Å²) in [6.45, 7) is 2.98. The van der Waals surface area contributed by atoms with Crippen molar-refractivity contribution in [3.63, 3.8) is 0 Å². The first kappa shape index (κ1) is 16.2. The predicted molar refractivity (Wildman–Crippen MR) is 92.3 cm³/mol. The first-order valence-electron chi connectivity index (χ1n) is 8.15. The van der Waals surface area contributed by atoms with Crippen molar-refractivity contribution in [2.45, 2.75) is 56.3 Å². The van der Waals surface area contributed by atoms with E-state index < -0.39 is 15.6 Å². The molecule has 1 aromatic heterocycles. The Bertz CT molecular complexity index is 868. The van der Waals surface area contributed by atoms with Crippen molar-refractivity contribution in [1.82, 2.24) is 9.71 Å². The zero-order chi connectivity index (χ0) is 16.8. The second-order valence-corrected chi connectivity index (χ2v) is 9.15. The van der Waals surface area contributed by atoms with E-state index in [9.17, 15) is 8.42 Å². The Morgan fingerprint density at radius 2 is 1.96 bits per heavy atom. The molecule has 7 heteroatoms. The third-order valence-corrected chi connectivity index (χ3v) is 7.52. The van der Waals surface area contributed by atoms with E-state index in [1.54, 1.807) is 23.5 Å². The van der Waals surface area contributed by atoms with Crippen LogP contribution in [0.4, 0.5) is 0 Å². The summed E-state index contributed by atoms with van der Waals surface area (Å²) in [6.07, 6.45) is 3.62. The molecule has 128 valence electrons. The van der Waals surface area contributed by atoms with Crippen LogP contribution in [-0.2, 0) is 33.5 Å². The van der Waals surface area contributed by atoms with Crippen LogP contribution >= 0.6 is 11.3 Å². The number of thiazole rings is 1. The number of benzene rings is 1. The fourth-order valence-electron chi connectivity index (χ4n) is 3.54. The number of aromatic nitrogens is 1. The van der Waals surface area contributed by atoms with E-state index in [1.165, 1.54) is 0 Å². The average Bonchev–Trinajstić information content (AvgIpc) is 3.26. The van der Waals surface area contributed by atoms with Crippen molar-refractivity contribution in [3.8, 4) is 0 Å². The molecule has 2 aromatic rings. The van der Waals surface area contributed by atoms with Gasteiger partial charge >= 0.3 is 0 Å². The Balaban J connectivity index is 1.69. The van der Waals surface area contributed by atoms with Gasteiger partial charge in [0.1, 0.15) is 5.01 Å². The first-order valence-corrected chi connectivity index (χ1v) is 10.5. The summed E-state index contributed by atoms with van der Waals surface area (Å²) in [5, 5.41) is 2.86. The zero-order valence-corrected chi connectivity index (χ0v) is 15.2. The van der Waals surface area contributed by atoms with Gasteiger partial charge in [0.25, 0.3) is 0 Å². The minimum Gasteiger partial charge on any atom is -0.372 e. The van der Waals surface area contributed by atoms with Crippen LogP contribution in [0.5, 0.6) is 0 Å². The third kappa shape index (κ3) is 2.79. The van der Waals surface area contributed by atoms with E-state index in [1.807, 2.05) is 18.4 Å². The Morgan fingerprint density at radius 3 is 2.67 bits per heavy atom. The molecule has 0 spiro atoms. The highest BCUT2D eigenvalue weighted by molar-refractivity contribution is 7.89. The Labute approximate surface area is 146 Å². The number of ether oxygens (including phenoxy) is 1. The molecule has 1 aromatic carbocycles. The van der Waals surface area contributed by atoms with Gasteiger partial charge in [-0.3, -0.25) is 0 Å². The monoisotopic (exact) mass is 364 g/mol. The number of nitrogens with zero attached hydrogens (tertiary/aromatic N) is 1. The topological polar surface area (TPSA) is 68.3 Å². The summed E-state index contributed by atoms with van der Waals surface area (Å²) in [7, 11) is -3.60. The molecule has 0 atom stereocenters. The molecular formula is C17H20N2O3S2. The smallest absolute Gasteiger partial charge is 0.241 e. The molecule has 0 bridgehead atoms. The number of nitrogens with one attached hydrogen (secondary N) is 1. The fourth-order valence-corrected chi connectivity index (χ4v) is 6.10. The maximum absolute atomic E-state index is 13.0. The van der Waals surface area contributed by atoms with Crippen LogP contribution < -0.4 is 4.72 Å². The van der Waals surface area contributed by atoms with Crippen molar-refractivity contribution in [2.75, 3.05) is 0 Å². The summed E-state index contributed by atoms with van der Waals surface area (Å²) in [6, 6.07) is 5.26. The second-order valence-electron chi connectivity index (χ2n) is 6.61. The number of rotatable bonds is 4. The SMILES string of the molecule is Cc1csc(C2(NS(=O)(=O)c3ccc4c(c3)COC4)CCCC2)n1. The molecule has 5 nitrogen and oxygen atoms in total. The molecule has 2 aliphatic rings. The molecule has 1 aliphatic carbocycles. The molecule has 0 unspecified atom stereocenters. The number of fused-ring (bicyclic) bond motifs is 1. The minimum absolute atomic E-state index is 0.311. The van der Waals surface area contributed by atoms with Crippen LogP contribution in [0.3, 0.4) is 0 Å². The molecule has 1 fully saturated rings. The maximum Gasteiger partial charge on any atom is 0.241 e. The standard InChI is InChI=1S/C17H20N2O3S2/c1-12-11-23-16(18-12)17(6-2-3-7-17)19-24(20,21)15-5-4-13-9-22-10-14(13)8-15/h4-5,8,11,19H,2-3,6-7,9-10H2,1H3. The van der Waals surface area contributed by atoms with E-state index >= 15 is 0 Å². The van der Waals surface area contributed by atoms with Gasteiger partial charge in [0, 0.05) is 11.1 Å². The van der Waals surface area contributed by atoms with Gasteiger partial charge in [0.05, 0.1) is 23.6 Å². The Hall–Kier alpha value is -1.28. The fraction of sp³-hybridized carbons (Fsp3) is 0.471. The lowest BCUT2D eigenvalue weighted by molar-refractivity contribution is 0.134. The molecule has 2 heterocycles. The van der Waals surface area contributed by atoms with Gasteiger partial charge in [-0.05, 0) is 43.0 Å². The van der Waals surface area contributed by atoms with Crippen molar-refractivity contribution in [2.24, 2.45) is 0 Å². The van der Waals surface area contributed by atoms with Crippen LogP contribution in [0.2, 0.25) is 0 Å². The summed E-state index contributed by atoms with van der Waals surface area (Å²) in [5.41, 5.74) is 2.41. The Morgan fingerprint density at radius 1 is 1.21 bits per heavy atom. The maximum atomic E-state index is 13.0. The van der Waals surface area contributed by atoms with Crippen LogP contribution in [0.15, 0.2) is 28.5 Å². The summed E-state index contributed by atoms with van der Waals surface area (Å²) >= 11 is 1.54. The highest BCUT2D eigenvalue weighted by Crippen LogP contribution is 2.41. The molecule has 0 saturated heterocycles. The Kier molecular flexibility index (Phi) is 3.99. The molecule has 1 saturated carbocycles. The molecule has 0 amide bonds. The summed E-state index contributed by atoms with van der Waals surface area (Å²) < 4.78 is 34.4. The average molecular weight is 364 g/mol. The van der Waals surface area contributed by atoms with Gasteiger partial charge < -0.3 is 4.74 Å². The molecule has 0 radical (unpaired) electrons. The van der Waals surface area contributed by atoms with Gasteiger partial charge in [-0.1, -0.05) is 18.9 Å². The van der Waals surface area contributed by atoms with Crippen LogP contribution in [0.25, 0.3) is 0 Å². The van der Waals surface area contributed by atoms with Crippen molar-refractivity contribution in [1.29, 1.82) is 0 Å². The van der Waals surface area contributed by atoms with Crippen LogP contribution in [0.1, 0.15) is 47.5 Å². The molecule has 1 aliphatic heterocycles. The van der Waals surface area contributed by atoms with Gasteiger partial charge in [0.2, 0.25) is 10.0 Å². The summed E-state index contributed by atoms with van der Waals surface area (Å²) in [4.78, 5) is 4.88. The molecule has 24 heavy (non-hydrogen) atoms. The van der Waals surface area contributed by atoms with Gasteiger partial charge in [0.15, 0.2) is 0 Å². The van der Waals surface area contributed by atoms with Gasteiger partial charge in [-0.15, -0.1) is 11.3 Å². The lowest BCUT2D eigenvalue weighted by Gasteiger charge is -2.28. The van der Waals surface area contributed by atoms with Gasteiger partial charge in [-0.2, -0.15) is 4.72 Å². The lowest BCUT2D eigenvalue weighted by Crippen LogP contribution is -2.43. The zero-order valence-electron chi connectivity index (χ0n) is 13.5. The predicted octanol–water partition coefficient (Wildman–Crippen LogP) is 3.23. The van der Waals surface area contributed by atoms with E-state index in [0.717, 1.165) is 47.5 Å². The van der Waals surface area contributed by atoms with E-state index in [-0.39, 0.29) is 0 Å². The molecule has 4 rings (SSSR count). The van der Waals surface area contributed by atoms with Crippen molar-refractivity contribution in [3.05, 3.63) is 45.4 Å². The number of hydrogen-bond donors (Lipinski definition) is 1. The minimum atomic E-state index is -3.60. The molecular weight excluding hydrogens is 344 g/mol. The number of sulfonamides is 1. The normalized spacial score (nSPS) is 19.5. The highest BCUT2D eigenvalue weighted by Gasteiger charge is 2.42. The van der Waals surface area contributed by atoms with E-state index in [0.29, 0.717) is 18.1 Å². The van der Waals surface area contributed by atoms with Crippen LogP contribution in [0, 0.1) is 6.92 Å². The van der Waals surface area contributed by atoms with Crippen molar-refractivity contribution >= 4 is 21.4 Å². The van der Waals surface area contributed by atoms with E-state index in [4.69, 9.17) is 4.74 Å². The number of hydrogen-bond acceptors (Lipinski definition) is 5. The van der Waals surface area contributed by atoms with Crippen LogP contribution in [-0.4, -0.2) is 13.4 Å². The highest BCUT2D eigenvalue weighted by atomic mass is 32.2. The van der Waals surface area contributed by atoms with E-state index in [2.05, 4.69) is 9.71 Å². The molecule has 1 N–H and O–H groups in total. The lowest BCUT2D eigenvalue weighted by atomic mass is 10.0. The summed E-state index contributed by atoms with van der Waals surface area (Å²) in [5.74, 6) is 0. The number of aryl methyl sites for hydroxylation is 1. The quantitative estimate of drug-likeness (QED) is 0.904. The van der Waals surface area contributed by atoms with Crippen molar-refractivity contribution < 1.29 is 13.2 Å². The second kappa shape index (κ2) is 5.91. The van der Waals surface area contributed by atoms with Gasteiger partial charge in [-0.25, -0.2) is 13.4 Å². The first-order chi connectivity index (χ1) is 11.5. The third-order valence-electron chi connectivity index (χ3n) is 4.82. The largest absolute Gasteiger partial charge is 0.372 e.